The van der Waals surface area contributed by atoms with Gasteiger partial charge in [-0.1, -0.05) is 18.7 Å². The van der Waals surface area contributed by atoms with Crippen LogP contribution < -0.4 is 4.74 Å². The zero-order valence-corrected chi connectivity index (χ0v) is 17.3. The fourth-order valence-electron chi connectivity index (χ4n) is 2.21. The molecule has 2 rings (SSSR count). The number of nitrogens with zero attached hydrogens (tertiary/aromatic N) is 1. The Morgan fingerprint density at radius 2 is 2.15 bits per heavy atom. The number of halogens is 1. The van der Waals surface area contributed by atoms with E-state index in [4.69, 9.17) is 9.47 Å². The lowest BCUT2D eigenvalue weighted by Crippen LogP contribution is -2.42. The number of ether oxygens (including phenoxy) is 2. The summed E-state index contributed by atoms with van der Waals surface area (Å²) >= 11 is 2.94. The maximum absolute atomic E-state index is 12.5. The van der Waals surface area contributed by atoms with Gasteiger partial charge in [0, 0.05) is 0 Å². The molecule has 0 aromatic heterocycles. The molecule has 0 unspecified atom stereocenters. The average Bonchev–Trinajstić information content (AvgIpc) is 2.87. The van der Waals surface area contributed by atoms with Crippen LogP contribution in [-0.2, 0) is 14.3 Å². The van der Waals surface area contributed by atoms with Crippen LogP contribution >= 0.6 is 34.4 Å². The van der Waals surface area contributed by atoms with Crippen molar-refractivity contribution in [3.8, 4) is 5.75 Å². The van der Waals surface area contributed by atoms with E-state index < -0.39 is 23.2 Å². The van der Waals surface area contributed by atoms with E-state index in [-0.39, 0.29) is 11.5 Å². The second kappa shape index (κ2) is 9.22. The molecule has 0 radical (unpaired) electrons. The molecule has 6 nitrogen and oxygen atoms in total. The number of hydrogen-bond donors (Lipinski definition) is 0. The Labute approximate surface area is 169 Å². The largest absolute Gasteiger partial charge is 0.488 e. The summed E-state index contributed by atoms with van der Waals surface area (Å²) in [7, 11) is 0. The Kier molecular flexibility index (Phi) is 7.27. The Morgan fingerprint density at radius 3 is 2.77 bits per heavy atom. The lowest BCUT2D eigenvalue weighted by atomic mass is 10.2. The van der Waals surface area contributed by atoms with Gasteiger partial charge in [-0.05, 0) is 72.0 Å². The summed E-state index contributed by atoms with van der Waals surface area (Å²) < 4.78 is 11.3. The molecule has 0 aliphatic carbocycles. The molecule has 8 heteroatoms. The molecule has 1 aliphatic rings. The molecule has 1 aliphatic heterocycles. The van der Waals surface area contributed by atoms with Gasteiger partial charge in [0.25, 0.3) is 11.1 Å². The predicted octanol–water partition coefficient (Wildman–Crippen LogP) is 3.84. The van der Waals surface area contributed by atoms with Crippen LogP contribution in [0, 0.1) is 3.57 Å². The van der Waals surface area contributed by atoms with Gasteiger partial charge in [-0.15, -0.1) is 0 Å². The topological polar surface area (TPSA) is 72.9 Å². The first kappa shape index (κ1) is 20.5. The number of amides is 2. The van der Waals surface area contributed by atoms with Gasteiger partial charge in [-0.3, -0.25) is 14.5 Å². The number of thioether (sulfide) groups is 1. The van der Waals surface area contributed by atoms with E-state index in [9.17, 15) is 14.4 Å². The van der Waals surface area contributed by atoms with Crippen molar-refractivity contribution in [3.63, 3.8) is 0 Å². The molecule has 1 fully saturated rings. The summed E-state index contributed by atoms with van der Waals surface area (Å²) in [6.45, 7) is 7.34. The molecule has 1 heterocycles. The quantitative estimate of drug-likeness (QED) is 0.252. The molecule has 2 amide bonds. The normalized spacial score (nSPS) is 16.7. The van der Waals surface area contributed by atoms with Crippen LogP contribution in [0.25, 0.3) is 6.08 Å². The van der Waals surface area contributed by atoms with Crippen LogP contribution in [0.4, 0.5) is 4.79 Å². The standard InChI is InChI=1S/C18H18INO5S/c1-4-8-25-14-7-6-12(9-13(14)19)10-15-16(21)20(18(23)26-15)11(3)17(22)24-5-2/h4,6-7,9-11H,1,5,8H2,2-3H3/b15-10+/t11-/m1/s1. The molecule has 1 atom stereocenters. The summed E-state index contributed by atoms with van der Waals surface area (Å²) in [5.41, 5.74) is 0.759. The Hall–Kier alpha value is -1.81. The second-order valence-corrected chi connectivity index (χ2v) is 7.42. The van der Waals surface area contributed by atoms with Gasteiger partial charge in [0.05, 0.1) is 15.1 Å². The van der Waals surface area contributed by atoms with Gasteiger partial charge >= 0.3 is 5.97 Å². The number of esters is 1. The fraction of sp³-hybridized carbons (Fsp3) is 0.278. The highest BCUT2D eigenvalue weighted by Crippen LogP contribution is 2.34. The number of carbonyl (C=O) groups excluding carboxylic acids is 3. The molecule has 0 N–H and O–H groups in total. The minimum Gasteiger partial charge on any atom is -0.488 e. The highest BCUT2D eigenvalue weighted by Gasteiger charge is 2.41. The first-order valence-corrected chi connectivity index (χ1v) is 9.75. The van der Waals surface area contributed by atoms with Crippen molar-refractivity contribution in [1.29, 1.82) is 0 Å². The van der Waals surface area contributed by atoms with E-state index in [2.05, 4.69) is 29.2 Å². The van der Waals surface area contributed by atoms with E-state index in [1.807, 2.05) is 6.07 Å². The van der Waals surface area contributed by atoms with Crippen molar-refractivity contribution in [2.75, 3.05) is 13.2 Å². The monoisotopic (exact) mass is 487 g/mol. The van der Waals surface area contributed by atoms with Crippen LogP contribution in [0.5, 0.6) is 5.75 Å². The van der Waals surface area contributed by atoms with E-state index in [1.165, 1.54) is 6.92 Å². The van der Waals surface area contributed by atoms with Crippen LogP contribution in [-0.4, -0.2) is 41.3 Å². The highest BCUT2D eigenvalue weighted by molar-refractivity contribution is 14.1. The Morgan fingerprint density at radius 1 is 1.42 bits per heavy atom. The van der Waals surface area contributed by atoms with Crippen molar-refractivity contribution in [1.82, 2.24) is 4.90 Å². The molecular formula is C18H18INO5S. The minimum absolute atomic E-state index is 0.188. The first-order valence-electron chi connectivity index (χ1n) is 7.86. The van der Waals surface area contributed by atoms with E-state index in [1.54, 1.807) is 31.2 Å². The number of hydrogen-bond acceptors (Lipinski definition) is 6. The average molecular weight is 487 g/mol. The lowest BCUT2D eigenvalue weighted by molar-refractivity contribution is -0.150. The molecule has 1 aromatic carbocycles. The third kappa shape index (κ3) is 4.67. The number of benzene rings is 1. The van der Waals surface area contributed by atoms with Crippen LogP contribution in [0.15, 0.2) is 35.8 Å². The summed E-state index contributed by atoms with van der Waals surface area (Å²) in [5.74, 6) is -0.386. The SMILES string of the molecule is C=CCOc1ccc(/C=C2/SC(=O)N([C@H](C)C(=O)OCC)C2=O)cc1I. The van der Waals surface area contributed by atoms with E-state index in [0.717, 1.165) is 25.8 Å². The van der Waals surface area contributed by atoms with Crippen molar-refractivity contribution < 1.29 is 23.9 Å². The second-order valence-electron chi connectivity index (χ2n) is 5.27. The van der Waals surface area contributed by atoms with Crippen LogP contribution in [0.1, 0.15) is 19.4 Å². The van der Waals surface area contributed by atoms with Gasteiger partial charge in [0.1, 0.15) is 18.4 Å². The maximum Gasteiger partial charge on any atom is 0.329 e. The van der Waals surface area contributed by atoms with Gasteiger partial charge in [0.2, 0.25) is 0 Å². The molecule has 0 bridgehead atoms. The molecule has 0 spiro atoms. The summed E-state index contributed by atoms with van der Waals surface area (Å²) in [6, 6.07) is 4.48. The van der Waals surface area contributed by atoms with Crippen molar-refractivity contribution in [2.24, 2.45) is 0 Å². The maximum atomic E-state index is 12.5. The molecule has 1 saturated heterocycles. The molecule has 26 heavy (non-hydrogen) atoms. The van der Waals surface area contributed by atoms with E-state index >= 15 is 0 Å². The highest BCUT2D eigenvalue weighted by atomic mass is 127. The third-order valence-corrected chi connectivity index (χ3v) is 5.18. The van der Waals surface area contributed by atoms with Crippen LogP contribution in [0.2, 0.25) is 0 Å². The zero-order valence-electron chi connectivity index (χ0n) is 14.4. The summed E-state index contributed by atoms with van der Waals surface area (Å²) in [6.07, 6.45) is 3.28. The van der Waals surface area contributed by atoms with Gasteiger partial charge in [-0.25, -0.2) is 4.79 Å². The fourth-order valence-corrected chi connectivity index (χ4v) is 3.81. The zero-order chi connectivity index (χ0) is 19.3. The number of carbonyl (C=O) groups is 3. The Bertz CT molecular complexity index is 777. The number of rotatable bonds is 7. The van der Waals surface area contributed by atoms with Gasteiger partial charge < -0.3 is 9.47 Å². The lowest BCUT2D eigenvalue weighted by Gasteiger charge is -2.19. The third-order valence-electron chi connectivity index (χ3n) is 3.45. The van der Waals surface area contributed by atoms with Gasteiger partial charge in [0.15, 0.2) is 0 Å². The first-order chi connectivity index (χ1) is 12.4. The molecule has 0 saturated carbocycles. The summed E-state index contributed by atoms with van der Waals surface area (Å²) in [4.78, 5) is 37.7. The molecular weight excluding hydrogens is 469 g/mol. The van der Waals surface area contributed by atoms with Crippen molar-refractivity contribution in [3.05, 3.63) is 44.9 Å². The van der Waals surface area contributed by atoms with Gasteiger partial charge in [-0.2, -0.15) is 0 Å². The predicted molar refractivity (Wildman–Crippen MR) is 109 cm³/mol. The molecule has 1 aromatic rings. The van der Waals surface area contributed by atoms with Crippen molar-refractivity contribution in [2.45, 2.75) is 19.9 Å². The van der Waals surface area contributed by atoms with E-state index in [0.29, 0.717) is 12.4 Å². The smallest absolute Gasteiger partial charge is 0.329 e. The molecule has 138 valence electrons. The van der Waals surface area contributed by atoms with Crippen LogP contribution in [0.3, 0.4) is 0 Å². The minimum atomic E-state index is -0.955. The number of imide groups is 1. The summed E-state index contributed by atoms with van der Waals surface area (Å²) in [5, 5.41) is -0.484. The van der Waals surface area contributed by atoms with Crippen molar-refractivity contribution >= 4 is 57.5 Å². The Balaban J connectivity index is 2.20.